The number of nitrogens with one attached hydrogen (secondary N) is 2. The van der Waals surface area contributed by atoms with Crippen molar-refractivity contribution in [1.82, 2.24) is 25.0 Å². The molecular formula is C23H18Cl2N6O4. The number of H-pyrrole nitrogens is 2. The van der Waals surface area contributed by atoms with Crippen molar-refractivity contribution < 1.29 is 4.74 Å². The Morgan fingerprint density at radius 2 is 1.66 bits per heavy atom. The van der Waals surface area contributed by atoms with Crippen molar-refractivity contribution in [3.05, 3.63) is 101 Å². The summed E-state index contributed by atoms with van der Waals surface area (Å²) in [5.74, 6) is 0.263. The molecule has 0 bridgehead atoms. The van der Waals surface area contributed by atoms with E-state index in [2.05, 4.69) is 27.4 Å². The number of hydrogen-bond acceptors (Lipinski definition) is 7. The van der Waals surface area contributed by atoms with Gasteiger partial charge in [0.2, 0.25) is 11.7 Å². The van der Waals surface area contributed by atoms with Crippen molar-refractivity contribution in [1.29, 1.82) is 0 Å². The quantitative estimate of drug-likeness (QED) is 0.371. The van der Waals surface area contributed by atoms with E-state index in [1.165, 1.54) is 17.7 Å². The second kappa shape index (κ2) is 9.05. The van der Waals surface area contributed by atoms with Crippen LogP contribution in [0.3, 0.4) is 0 Å². The summed E-state index contributed by atoms with van der Waals surface area (Å²) >= 11 is 12.7. The molecule has 4 N–H and O–H groups in total. The fourth-order valence-electron chi connectivity index (χ4n) is 4.08. The number of nitrogens with zero attached hydrogens (tertiary/aromatic N) is 3. The normalized spacial score (nSPS) is 17.1. The number of halogens is 2. The van der Waals surface area contributed by atoms with Gasteiger partial charge in [-0.05, 0) is 42.4 Å². The van der Waals surface area contributed by atoms with Crippen molar-refractivity contribution in [2.24, 2.45) is 0 Å². The van der Waals surface area contributed by atoms with Crippen molar-refractivity contribution in [3.63, 3.8) is 0 Å². The van der Waals surface area contributed by atoms with Crippen LogP contribution in [0.4, 0.5) is 5.82 Å². The fourth-order valence-corrected chi connectivity index (χ4v) is 4.64. The second-order valence-corrected chi connectivity index (χ2v) is 8.98. The molecule has 35 heavy (non-hydrogen) atoms. The van der Waals surface area contributed by atoms with Gasteiger partial charge in [-0.25, -0.2) is 9.89 Å². The zero-order valence-corrected chi connectivity index (χ0v) is 19.5. The van der Waals surface area contributed by atoms with Gasteiger partial charge in [0.15, 0.2) is 5.75 Å². The Hall–Kier alpha value is -3.89. The minimum atomic E-state index is -0.814. The van der Waals surface area contributed by atoms with Crippen LogP contribution in [-0.2, 0) is 0 Å². The van der Waals surface area contributed by atoms with Crippen LogP contribution in [-0.4, -0.2) is 25.0 Å². The number of aromatic nitrogens is 5. The van der Waals surface area contributed by atoms with Gasteiger partial charge in [0, 0.05) is 11.6 Å². The number of rotatable bonds is 5. The highest BCUT2D eigenvalue weighted by molar-refractivity contribution is 6.37. The highest BCUT2D eigenvalue weighted by atomic mass is 35.5. The zero-order chi connectivity index (χ0) is 24.7. The maximum atomic E-state index is 12.4. The molecule has 1 saturated carbocycles. The van der Waals surface area contributed by atoms with E-state index >= 15 is 0 Å². The smallest absolute Gasteiger partial charge is 0.349 e. The van der Waals surface area contributed by atoms with E-state index in [4.69, 9.17) is 33.7 Å². The highest BCUT2D eigenvalue weighted by Crippen LogP contribution is 2.47. The van der Waals surface area contributed by atoms with Gasteiger partial charge in [0.05, 0.1) is 15.7 Å². The van der Waals surface area contributed by atoms with E-state index in [0.29, 0.717) is 11.5 Å². The SMILES string of the molecule is Nc1nn(-c2cc(Cl)c(Oc3cc([C@H]4C[C@H](c5ccccc5)C4)c(=O)[nH]n3)c(Cl)c2)c(=O)[nH]c1=O. The Bertz CT molecular complexity index is 1570. The van der Waals surface area contributed by atoms with Gasteiger partial charge in [-0.1, -0.05) is 53.5 Å². The van der Waals surface area contributed by atoms with E-state index in [9.17, 15) is 14.4 Å². The van der Waals surface area contributed by atoms with E-state index in [1.807, 2.05) is 23.2 Å². The second-order valence-electron chi connectivity index (χ2n) is 8.16. The lowest BCUT2D eigenvalue weighted by Crippen LogP contribution is -2.33. The van der Waals surface area contributed by atoms with Gasteiger partial charge in [0.25, 0.3) is 11.1 Å². The van der Waals surface area contributed by atoms with Crippen LogP contribution in [0.2, 0.25) is 10.0 Å². The first-order chi connectivity index (χ1) is 16.8. The molecule has 12 heteroatoms. The summed E-state index contributed by atoms with van der Waals surface area (Å²) in [6.07, 6.45) is 1.69. The lowest BCUT2D eigenvalue weighted by molar-refractivity contribution is 0.346. The van der Waals surface area contributed by atoms with Gasteiger partial charge >= 0.3 is 5.69 Å². The van der Waals surface area contributed by atoms with Gasteiger partial charge in [-0.3, -0.25) is 14.6 Å². The molecule has 2 aromatic heterocycles. The molecule has 1 aliphatic carbocycles. The molecule has 1 fully saturated rings. The first-order valence-corrected chi connectivity index (χ1v) is 11.4. The van der Waals surface area contributed by atoms with Crippen molar-refractivity contribution in [2.75, 3.05) is 5.73 Å². The lowest BCUT2D eigenvalue weighted by Gasteiger charge is -2.35. The molecule has 4 aromatic rings. The summed E-state index contributed by atoms with van der Waals surface area (Å²) in [5.41, 5.74) is 5.60. The molecule has 1 aliphatic rings. The molecular weight excluding hydrogens is 495 g/mol. The van der Waals surface area contributed by atoms with Crippen LogP contribution < -0.4 is 27.3 Å². The van der Waals surface area contributed by atoms with Crippen LogP contribution in [0.5, 0.6) is 11.6 Å². The summed E-state index contributed by atoms with van der Waals surface area (Å²) in [7, 11) is 0. The van der Waals surface area contributed by atoms with E-state index in [-0.39, 0.29) is 38.8 Å². The van der Waals surface area contributed by atoms with Crippen LogP contribution in [0.1, 0.15) is 35.8 Å². The molecule has 2 heterocycles. The largest absolute Gasteiger partial charge is 0.434 e. The molecule has 5 rings (SSSR count). The highest BCUT2D eigenvalue weighted by Gasteiger charge is 2.33. The summed E-state index contributed by atoms with van der Waals surface area (Å²) in [6.45, 7) is 0. The Kier molecular flexibility index (Phi) is 5.91. The van der Waals surface area contributed by atoms with Crippen LogP contribution in [0.15, 0.2) is 62.9 Å². The average Bonchev–Trinajstić information content (AvgIpc) is 2.80. The molecule has 0 aliphatic heterocycles. The zero-order valence-electron chi connectivity index (χ0n) is 18.0. The lowest BCUT2D eigenvalue weighted by atomic mass is 9.69. The van der Waals surface area contributed by atoms with E-state index in [1.54, 1.807) is 6.07 Å². The predicted octanol–water partition coefficient (Wildman–Crippen LogP) is 3.35. The molecule has 0 saturated heterocycles. The van der Waals surface area contributed by atoms with Crippen molar-refractivity contribution in [2.45, 2.75) is 24.7 Å². The maximum absolute atomic E-state index is 12.4. The molecule has 0 spiro atoms. The molecule has 0 atom stereocenters. The molecule has 0 unspecified atom stereocenters. The number of benzene rings is 2. The third-order valence-electron chi connectivity index (χ3n) is 5.95. The maximum Gasteiger partial charge on any atom is 0.349 e. The Balaban J connectivity index is 1.39. The fraction of sp³-hybridized carbons (Fsp3) is 0.174. The molecule has 2 aromatic carbocycles. The number of aromatic amines is 2. The van der Waals surface area contributed by atoms with E-state index in [0.717, 1.165) is 17.5 Å². The van der Waals surface area contributed by atoms with Crippen molar-refractivity contribution >= 4 is 29.0 Å². The summed E-state index contributed by atoms with van der Waals surface area (Å²) in [6, 6.07) is 14.5. The van der Waals surface area contributed by atoms with Crippen LogP contribution in [0, 0.1) is 0 Å². The molecule has 0 radical (unpaired) electrons. The average molecular weight is 513 g/mol. The first-order valence-electron chi connectivity index (χ1n) is 10.6. The Morgan fingerprint density at radius 3 is 2.34 bits per heavy atom. The summed E-state index contributed by atoms with van der Waals surface area (Å²) < 4.78 is 6.65. The minimum absolute atomic E-state index is 0.0494. The first kappa shape index (κ1) is 22.9. The minimum Gasteiger partial charge on any atom is -0.434 e. The van der Waals surface area contributed by atoms with Crippen LogP contribution >= 0.6 is 23.2 Å². The third-order valence-corrected chi connectivity index (χ3v) is 6.51. The number of nitrogens with two attached hydrogens (primary N) is 1. The summed E-state index contributed by atoms with van der Waals surface area (Å²) in [5, 5.41) is 10.3. The monoisotopic (exact) mass is 512 g/mol. The Morgan fingerprint density at radius 1 is 0.971 bits per heavy atom. The van der Waals surface area contributed by atoms with E-state index < -0.39 is 17.1 Å². The predicted molar refractivity (Wildman–Crippen MR) is 131 cm³/mol. The van der Waals surface area contributed by atoms with Gasteiger partial charge < -0.3 is 10.5 Å². The molecule has 0 amide bonds. The topological polar surface area (TPSA) is 149 Å². The van der Waals surface area contributed by atoms with Crippen molar-refractivity contribution in [3.8, 4) is 17.3 Å². The number of ether oxygens (including phenoxy) is 1. The van der Waals surface area contributed by atoms with Crippen LogP contribution in [0.25, 0.3) is 5.69 Å². The third kappa shape index (κ3) is 4.45. The number of nitrogen functional groups attached to an aromatic ring is 1. The van der Waals surface area contributed by atoms with Gasteiger partial charge in [0.1, 0.15) is 0 Å². The Labute approximate surface area is 207 Å². The molecule has 10 nitrogen and oxygen atoms in total. The molecule has 178 valence electrons. The van der Waals surface area contributed by atoms with Gasteiger partial charge in [-0.2, -0.15) is 4.68 Å². The summed E-state index contributed by atoms with van der Waals surface area (Å²) in [4.78, 5) is 38.0. The standard InChI is InChI=1S/C23H18Cl2N6O4/c24-16-8-14(31-23(34)27-22(33)20(26)30-31)9-17(25)19(16)35-18-10-15(21(32)29-28-18)13-6-12(7-13)11-4-2-1-3-5-11/h1-5,8-10,12-13H,6-7H2,(H2,26,30)(H,29,32)(H,27,33,34)/t12-,13-. The van der Waals surface area contributed by atoms with Gasteiger partial charge in [-0.15, -0.1) is 10.2 Å². The number of anilines is 1. The number of hydrogen-bond donors (Lipinski definition) is 3.